The highest BCUT2D eigenvalue weighted by Crippen LogP contribution is 2.13. The summed E-state index contributed by atoms with van der Waals surface area (Å²) in [5.74, 6) is 0. The number of nitrogens with one attached hydrogen (secondary N) is 1. The van der Waals surface area contributed by atoms with E-state index in [2.05, 4.69) is 70.3 Å². The Labute approximate surface area is 125 Å². The number of fused-ring (bicyclic) bond motifs is 1. The molecule has 0 saturated carbocycles. The molecule has 2 aromatic carbocycles. The smallest absolute Gasteiger partial charge is 0.0958 e. The van der Waals surface area contributed by atoms with Gasteiger partial charge in [0.15, 0.2) is 0 Å². The molecule has 0 fully saturated rings. The van der Waals surface area contributed by atoms with Crippen molar-refractivity contribution in [3.8, 4) is 0 Å². The van der Waals surface area contributed by atoms with E-state index in [4.69, 9.17) is 0 Å². The molecule has 1 aromatic heterocycles. The zero-order chi connectivity index (χ0) is 14.5. The first-order valence-corrected chi connectivity index (χ1v) is 7.54. The number of para-hydroxylation sites is 2. The maximum Gasteiger partial charge on any atom is 0.0958 e. The van der Waals surface area contributed by atoms with Crippen LogP contribution in [0.2, 0.25) is 0 Å². The number of nitrogens with zero attached hydrogens (tertiary/aromatic N) is 2. The van der Waals surface area contributed by atoms with E-state index >= 15 is 0 Å². The number of aromatic nitrogens is 2. The molecule has 0 bridgehead atoms. The number of imidazole rings is 1. The second-order valence-electron chi connectivity index (χ2n) is 5.33. The van der Waals surface area contributed by atoms with Gasteiger partial charge in [-0.15, -0.1) is 0 Å². The minimum atomic E-state index is 0.412. The number of hydrogen-bond donors (Lipinski definition) is 1. The molecule has 3 aromatic rings. The van der Waals surface area contributed by atoms with Crippen LogP contribution in [0.5, 0.6) is 0 Å². The fourth-order valence-corrected chi connectivity index (χ4v) is 2.78. The Kier molecular flexibility index (Phi) is 4.31. The number of benzene rings is 2. The molecular weight excluding hydrogens is 258 g/mol. The molecular formula is C18H21N3. The Morgan fingerprint density at radius 3 is 2.62 bits per heavy atom. The maximum atomic E-state index is 4.47. The van der Waals surface area contributed by atoms with Crippen molar-refractivity contribution in [2.75, 3.05) is 6.54 Å². The van der Waals surface area contributed by atoms with E-state index in [1.165, 1.54) is 11.1 Å². The molecule has 1 atom stereocenters. The van der Waals surface area contributed by atoms with Crippen molar-refractivity contribution >= 4 is 11.0 Å². The van der Waals surface area contributed by atoms with Crippen LogP contribution in [0.3, 0.4) is 0 Å². The molecule has 0 amide bonds. The van der Waals surface area contributed by atoms with E-state index in [0.717, 1.165) is 25.0 Å². The van der Waals surface area contributed by atoms with Crippen LogP contribution in [-0.4, -0.2) is 22.1 Å². The lowest BCUT2D eigenvalue weighted by Gasteiger charge is -2.19. The first kappa shape index (κ1) is 13.8. The molecule has 1 N–H and O–H groups in total. The predicted octanol–water partition coefficient (Wildman–Crippen LogP) is 3.26. The van der Waals surface area contributed by atoms with Crippen molar-refractivity contribution in [3.63, 3.8) is 0 Å². The van der Waals surface area contributed by atoms with E-state index in [0.29, 0.717) is 6.04 Å². The van der Waals surface area contributed by atoms with E-state index < -0.39 is 0 Å². The van der Waals surface area contributed by atoms with Crippen molar-refractivity contribution in [1.82, 2.24) is 14.9 Å². The van der Waals surface area contributed by atoms with E-state index in [-0.39, 0.29) is 0 Å². The first-order valence-electron chi connectivity index (χ1n) is 7.54. The summed E-state index contributed by atoms with van der Waals surface area (Å²) in [5.41, 5.74) is 3.63. The van der Waals surface area contributed by atoms with Crippen molar-refractivity contribution in [2.24, 2.45) is 0 Å². The van der Waals surface area contributed by atoms with Crippen LogP contribution in [0.25, 0.3) is 11.0 Å². The summed E-state index contributed by atoms with van der Waals surface area (Å²) in [5, 5.41) is 3.59. The van der Waals surface area contributed by atoms with Gasteiger partial charge in [0.1, 0.15) is 0 Å². The zero-order valence-electron chi connectivity index (χ0n) is 12.4. The van der Waals surface area contributed by atoms with Gasteiger partial charge < -0.3 is 9.88 Å². The van der Waals surface area contributed by atoms with Crippen LogP contribution in [0, 0.1) is 0 Å². The molecule has 1 heterocycles. The highest BCUT2D eigenvalue weighted by atomic mass is 15.1. The van der Waals surface area contributed by atoms with Gasteiger partial charge in [-0.3, -0.25) is 0 Å². The summed E-state index contributed by atoms with van der Waals surface area (Å²) in [6.07, 6.45) is 2.97. The summed E-state index contributed by atoms with van der Waals surface area (Å²) in [6, 6.07) is 19.4. The van der Waals surface area contributed by atoms with Gasteiger partial charge >= 0.3 is 0 Å². The molecule has 0 aliphatic rings. The molecule has 1 unspecified atom stereocenters. The average Bonchev–Trinajstić information content (AvgIpc) is 2.92. The molecule has 0 radical (unpaired) electrons. The molecule has 3 nitrogen and oxygen atoms in total. The molecule has 0 aliphatic heterocycles. The van der Waals surface area contributed by atoms with Gasteiger partial charge in [0.05, 0.1) is 17.4 Å². The van der Waals surface area contributed by atoms with Gasteiger partial charge in [-0.2, -0.15) is 0 Å². The minimum Gasteiger partial charge on any atom is -0.329 e. The predicted molar refractivity (Wildman–Crippen MR) is 87.3 cm³/mol. The minimum absolute atomic E-state index is 0.412. The molecule has 0 spiro atoms. The van der Waals surface area contributed by atoms with Crippen LogP contribution in [0.4, 0.5) is 0 Å². The Morgan fingerprint density at radius 2 is 1.81 bits per heavy atom. The van der Waals surface area contributed by atoms with E-state index in [1.807, 2.05) is 12.4 Å². The third-order valence-corrected chi connectivity index (χ3v) is 3.76. The summed E-state index contributed by atoms with van der Waals surface area (Å²) in [4.78, 5) is 4.47. The Bertz CT molecular complexity index is 688. The summed E-state index contributed by atoms with van der Waals surface area (Å²) < 4.78 is 2.24. The van der Waals surface area contributed by atoms with Crippen LogP contribution in [-0.2, 0) is 13.0 Å². The van der Waals surface area contributed by atoms with Crippen LogP contribution < -0.4 is 5.32 Å². The third kappa shape index (κ3) is 3.31. The third-order valence-electron chi connectivity index (χ3n) is 3.76. The monoisotopic (exact) mass is 279 g/mol. The molecule has 3 rings (SSSR count). The summed E-state index contributed by atoms with van der Waals surface area (Å²) in [6.45, 7) is 4.07. The van der Waals surface area contributed by atoms with Gasteiger partial charge in [-0.05, 0) is 30.7 Å². The normalized spacial score (nSPS) is 12.6. The van der Waals surface area contributed by atoms with Crippen LogP contribution in [0.1, 0.15) is 12.5 Å². The number of likely N-dealkylation sites (N-methyl/N-ethyl adjacent to an activating group) is 1. The van der Waals surface area contributed by atoms with Crippen molar-refractivity contribution in [1.29, 1.82) is 0 Å². The van der Waals surface area contributed by atoms with Gasteiger partial charge in [0.25, 0.3) is 0 Å². The number of hydrogen-bond acceptors (Lipinski definition) is 2. The van der Waals surface area contributed by atoms with Gasteiger partial charge in [-0.1, -0.05) is 49.4 Å². The van der Waals surface area contributed by atoms with E-state index in [9.17, 15) is 0 Å². The average molecular weight is 279 g/mol. The van der Waals surface area contributed by atoms with Gasteiger partial charge in [-0.25, -0.2) is 4.98 Å². The standard InChI is InChI=1S/C18H21N3/c1-2-19-16(12-15-8-4-3-5-9-15)13-21-14-20-17-10-6-7-11-18(17)21/h3-11,14,16,19H,2,12-13H2,1H3. The topological polar surface area (TPSA) is 29.9 Å². The molecule has 3 heteroatoms. The fraction of sp³-hybridized carbons (Fsp3) is 0.278. The Morgan fingerprint density at radius 1 is 1.05 bits per heavy atom. The molecule has 0 aliphatic carbocycles. The highest BCUT2D eigenvalue weighted by Gasteiger charge is 2.11. The second kappa shape index (κ2) is 6.55. The van der Waals surface area contributed by atoms with Crippen LogP contribution in [0.15, 0.2) is 60.9 Å². The van der Waals surface area contributed by atoms with Gasteiger partial charge in [0, 0.05) is 12.6 Å². The van der Waals surface area contributed by atoms with Crippen molar-refractivity contribution in [2.45, 2.75) is 25.9 Å². The Hall–Kier alpha value is -2.13. The summed E-state index contributed by atoms with van der Waals surface area (Å²) >= 11 is 0. The molecule has 0 saturated heterocycles. The Balaban J connectivity index is 1.78. The first-order chi connectivity index (χ1) is 10.4. The largest absolute Gasteiger partial charge is 0.329 e. The lowest BCUT2D eigenvalue weighted by atomic mass is 10.1. The van der Waals surface area contributed by atoms with Crippen molar-refractivity contribution < 1.29 is 0 Å². The zero-order valence-corrected chi connectivity index (χ0v) is 12.4. The summed E-state index contributed by atoms with van der Waals surface area (Å²) in [7, 11) is 0. The van der Waals surface area contributed by atoms with Crippen LogP contribution >= 0.6 is 0 Å². The second-order valence-corrected chi connectivity index (χ2v) is 5.33. The SMILES string of the molecule is CCNC(Cc1ccccc1)Cn1cnc2ccccc21. The lowest BCUT2D eigenvalue weighted by molar-refractivity contribution is 0.461. The molecule has 21 heavy (non-hydrogen) atoms. The fourth-order valence-electron chi connectivity index (χ4n) is 2.78. The molecule has 108 valence electrons. The lowest BCUT2D eigenvalue weighted by Crippen LogP contribution is -2.34. The highest BCUT2D eigenvalue weighted by molar-refractivity contribution is 5.74. The van der Waals surface area contributed by atoms with E-state index in [1.54, 1.807) is 0 Å². The maximum absolute atomic E-state index is 4.47. The van der Waals surface area contributed by atoms with Gasteiger partial charge in [0.2, 0.25) is 0 Å². The van der Waals surface area contributed by atoms with Crippen molar-refractivity contribution in [3.05, 3.63) is 66.5 Å². The number of rotatable bonds is 6. The quantitative estimate of drug-likeness (QED) is 0.750.